The van der Waals surface area contributed by atoms with Crippen LogP contribution in [0, 0.1) is 17.1 Å². The first kappa shape index (κ1) is 15.7. The topological polar surface area (TPSA) is 44.1 Å². The molecule has 0 spiro atoms. The number of nitriles is 1. The van der Waals surface area contributed by atoms with Crippen molar-refractivity contribution in [3.63, 3.8) is 0 Å². The minimum Gasteiger partial charge on any atom is -0.341 e. The molecule has 0 aromatic heterocycles. The molecular formula is C18H17FN2O. The summed E-state index contributed by atoms with van der Waals surface area (Å²) < 4.78 is 13.1. The van der Waals surface area contributed by atoms with Crippen molar-refractivity contribution in [2.24, 2.45) is 0 Å². The molecule has 2 aromatic carbocycles. The van der Waals surface area contributed by atoms with Gasteiger partial charge < -0.3 is 4.90 Å². The van der Waals surface area contributed by atoms with Crippen LogP contribution in [0.1, 0.15) is 23.1 Å². The van der Waals surface area contributed by atoms with E-state index in [0.717, 1.165) is 11.1 Å². The van der Waals surface area contributed by atoms with Gasteiger partial charge in [-0.25, -0.2) is 4.39 Å². The molecule has 112 valence electrons. The maximum atomic E-state index is 13.1. The average Bonchev–Trinajstić information content (AvgIpc) is 2.53. The number of rotatable bonds is 5. The minimum atomic E-state index is -0.282. The molecule has 0 bridgehead atoms. The molecule has 22 heavy (non-hydrogen) atoms. The molecule has 0 N–H and O–H groups in total. The van der Waals surface area contributed by atoms with Gasteiger partial charge in [-0.1, -0.05) is 24.3 Å². The fraction of sp³-hybridized carbons (Fsp3) is 0.222. The Morgan fingerprint density at radius 3 is 2.55 bits per heavy atom. The van der Waals surface area contributed by atoms with Crippen molar-refractivity contribution in [1.82, 2.24) is 4.90 Å². The Morgan fingerprint density at radius 1 is 1.18 bits per heavy atom. The van der Waals surface area contributed by atoms with Crippen molar-refractivity contribution in [2.45, 2.75) is 19.4 Å². The third-order valence-electron chi connectivity index (χ3n) is 3.45. The quantitative estimate of drug-likeness (QED) is 0.850. The van der Waals surface area contributed by atoms with Crippen LogP contribution in [0.25, 0.3) is 0 Å². The summed E-state index contributed by atoms with van der Waals surface area (Å²) in [5.41, 5.74) is 2.39. The van der Waals surface area contributed by atoms with Gasteiger partial charge in [0.1, 0.15) is 5.82 Å². The Labute approximate surface area is 129 Å². The van der Waals surface area contributed by atoms with Gasteiger partial charge >= 0.3 is 0 Å². The number of hydrogen-bond acceptors (Lipinski definition) is 2. The third kappa shape index (κ3) is 4.42. The summed E-state index contributed by atoms with van der Waals surface area (Å²) in [6, 6.07) is 15.5. The highest BCUT2D eigenvalue weighted by Gasteiger charge is 2.09. The lowest BCUT2D eigenvalue weighted by Gasteiger charge is -2.17. The van der Waals surface area contributed by atoms with Crippen LogP contribution in [-0.4, -0.2) is 17.9 Å². The van der Waals surface area contributed by atoms with Crippen LogP contribution in [-0.2, 0) is 17.8 Å². The smallest absolute Gasteiger partial charge is 0.222 e. The molecule has 0 radical (unpaired) electrons. The summed E-state index contributed by atoms with van der Waals surface area (Å²) in [7, 11) is 1.74. The summed E-state index contributed by atoms with van der Waals surface area (Å²) in [5.74, 6) is -0.274. The van der Waals surface area contributed by atoms with Crippen LogP contribution in [0.2, 0.25) is 0 Å². The maximum Gasteiger partial charge on any atom is 0.222 e. The molecule has 3 nitrogen and oxygen atoms in total. The Bertz CT molecular complexity index is 689. The van der Waals surface area contributed by atoms with Gasteiger partial charge in [-0.05, 0) is 41.8 Å². The first-order valence-electron chi connectivity index (χ1n) is 7.06. The van der Waals surface area contributed by atoms with E-state index in [2.05, 4.69) is 6.07 Å². The Balaban J connectivity index is 1.87. The van der Waals surface area contributed by atoms with Gasteiger partial charge in [0.05, 0.1) is 11.6 Å². The van der Waals surface area contributed by atoms with Crippen molar-refractivity contribution < 1.29 is 9.18 Å². The summed E-state index contributed by atoms with van der Waals surface area (Å²) in [6.45, 7) is 0.494. The van der Waals surface area contributed by atoms with Gasteiger partial charge in [0, 0.05) is 20.0 Å². The van der Waals surface area contributed by atoms with Crippen molar-refractivity contribution in [3.05, 3.63) is 71.0 Å². The van der Waals surface area contributed by atoms with Gasteiger partial charge in [-0.2, -0.15) is 5.26 Å². The Hall–Kier alpha value is -2.67. The summed E-state index contributed by atoms with van der Waals surface area (Å²) in [6.07, 6.45) is 0.866. The van der Waals surface area contributed by atoms with E-state index in [1.165, 1.54) is 12.1 Å². The summed E-state index contributed by atoms with van der Waals surface area (Å²) in [5, 5.41) is 8.76. The number of aryl methyl sites for hydroxylation is 1. The Kier molecular flexibility index (Phi) is 5.26. The number of carbonyl (C=O) groups is 1. The Morgan fingerprint density at radius 2 is 1.91 bits per heavy atom. The summed E-state index contributed by atoms with van der Waals surface area (Å²) in [4.78, 5) is 13.7. The normalized spacial score (nSPS) is 10.0. The minimum absolute atomic E-state index is 0.00798. The number of carbonyl (C=O) groups excluding carboxylic acids is 1. The van der Waals surface area contributed by atoms with Crippen LogP contribution in [0.5, 0.6) is 0 Å². The molecule has 0 aliphatic heterocycles. The monoisotopic (exact) mass is 296 g/mol. The van der Waals surface area contributed by atoms with E-state index < -0.39 is 0 Å². The van der Waals surface area contributed by atoms with Crippen LogP contribution < -0.4 is 0 Å². The summed E-state index contributed by atoms with van der Waals surface area (Å²) >= 11 is 0. The zero-order chi connectivity index (χ0) is 15.9. The molecule has 1 amide bonds. The lowest BCUT2D eigenvalue weighted by molar-refractivity contribution is -0.130. The molecule has 0 saturated carbocycles. The molecule has 0 fully saturated rings. The molecule has 0 atom stereocenters. The van der Waals surface area contributed by atoms with E-state index in [4.69, 9.17) is 5.26 Å². The largest absolute Gasteiger partial charge is 0.341 e. The number of halogens is 1. The SMILES string of the molecule is CN(Cc1ccc(C#N)cc1)C(=O)CCc1cccc(F)c1. The molecule has 0 aliphatic rings. The van der Waals surface area contributed by atoms with Crippen LogP contribution in [0.4, 0.5) is 4.39 Å². The number of benzene rings is 2. The van der Waals surface area contributed by atoms with E-state index in [0.29, 0.717) is 24.9 Å². The number of amides is 1. The molecular weight excluding hydrogens is 279 g/mol. The van der Waals surface area contributed by atoms with Gasteiger partial charge in [-0.3, -0.25) is 4.79 Å². The zero-order valence-corrected chi connectivity index (χ0v) is 12.4. The second kappa shape index (κ2) is 7.37. The van der Waals surface area contributed by atoms with E-state index in [-0.39, 0.29) is 11.7 Å². The van der Waals surface area contributed by atoms with E-state index in [1.807, 2.05) is 18.2 Å². The highest BCUT2D eigenvalue weighted by Crippen LogP contribution is 2.10. The van der Waals surface area contributed by atoms with E-state index in [1.54, 1.807) is 30.1 Å². The third-order valence-corrected chi connectivity index (χ3v) is 3.45. The first-order chi connectivity index (χ1) is 10.6. The lowest BCUT2D eigenvalue weighted by Crippen LogP contribution is -2.26. The molecule has 0 saturated heterocycles. The maximum absolute atomic E-state index is 13.1. The predicted molar refractivity (Wildman–Crippen MR) is 82.4 cm³/mol. The second-order valence-corrected chi connectivity index (χ2v) is 5.19. The van der Waals surface area contributed by atoms with Gasteiger partial charge in [-0.15, -0.1) is 0 Å². The number of hydrogen-bond donors (Lipinski definition) is 0. The average molecular weight is 296 g/mol. The zero-order valence-electron chi connectivity index (χ0n) is 12.4. The first-order valence-corrected chi connectivity index (χ1v) is 7.06. The van der Waals surface area contributed by atoms with Crippen molar-refractivity contribution in [3.8, 4) is 6.07 Å². The van der Waals surface area contributed by atoms with Gasteiger partial charge in [0.2, 0.25) is 5.91 Å². The highest BCUT2D eigenvalue weighted by atomic mass is 19.1. The van der Waals surface area contributed by atoms with E-state index in [9.17, 15) is 9.18 Å². The predicted octanol–water partition coefficient (Wildman–Crippen LogP) is 3.29. The highest BCUT2D eigenvalue weighted by molar-refractivity contribution is 5.76. The second-order valence-electron chi connectivity index (χ2n) is 5.19. The molecule has 0 aliphatic carbocycles. The van der Waals surface area contributed by atoms with Gasteiger partial charge in [0.25, 0.3) is 0 Å². The fourth-order valence-corrected chi connectivity index (χ4v) is 2.18. The van der Waals surface area contributed by atoms with Crippen molar-refractivity contribution in [2.75, 3.05) is 7.05 Å². The lowest BCUT2D eigenvalue weighted by atomic mass is 10.1. The standard InChI is InChI=1S/C18H17FN2O/c1-21(13-16-7-5-15(12-20)6-8-16)18(22)10-9-14-3-2-4-17(19)11-14/h2-8,11H,9-10,13H2,1H3. The molecule has 0 unspecified atom stereocenters. The molecule has 4 heteroatoms. The molecule has 2 aromatic rings. The fourth-order valence-electron chi connectivity index (χ4n) is 2.18. The van der Waals surface area contributed by atoms with Crippen molar-refractivity contribution >= 4 is 5.91 Å². The van der Waals surface area contributed by atoms with Crippen molar-refractivity contribution in [1.29, 1.82) is 5.26 Å². The van der Waals surface area contributed by atoms with Crippen LogP contribution >= 0.6 is 0 Å². The van der Waals surface area contributed by atoms with Gasteiger partial charge in [0.15, 0.2) is 0 Å². The van der Waals surface area contributed by atoms with Crippen LogP contribution in [0.3, 0.4) is 0 Å². The molecule has 2 rings (SSSR count). The van der Waals surface area contributed by atoms with Crippen LogP contribution in [0.15, 0.2) is 48.5 Å². The molecule has 0 heterocycles. The number of nitrogens with zero attached hydrogens (tertiary/aromatic N) is 2. The van der Waals surface area contributed by atoms with E-state index >= 15 is 0 Å².